The van der Waals surface area contributed by atoms with Crippen LogP contribution < -0.4 is 5.73 Å². The van der Waals surface area contributed by atoms with Crippen molar-refractivity contribution in [2.24, 2.45) is 5.73 Å². The van der Waals surface area contributed by atoms with Crippen molar-refractivity contribution in [1.29, 1.82) is 0 Å². The molecule has 0 bridgehead atoms. The quantitative estimate of drug-likeness (QED) is 0.835. The van der Waals surface area contributed by atoms with E-state index < -0.39 is 17.8 Å². The van der Waals surface area contributed by atoms with Crippen LogP contribution in [0.4, 0.5) is 13.2 Å². The van der Waals surface area contributed by atoms with Crippen LogP contribution in [0.2, 0.25) is 0 Å². The fourth-order valence-corrected chi connectivity index (χ4v) is 1.17. The Hall–Kier alpha value is -1.36. The predicted octanol–water partition coefficient (Wildman–Crippen LogP) is 1.68. The summed E-state index contributed by atoms with van der Waals surface area (Å²) in [6, 6.07) is 3.85. The van der Waals surface area contributed by atoms with Gasteiger partial charge in [-0.2, -0.15) is 13.2 Å². The van der Waals surface area contributed by atoms with Gasteiger partial charge in [-0.3, -0.25) is 4.79 Å². The fraction of sp³-hybridized carbons (Fsp3) is 0.300. The molecule has 0 spiro atoms. The van der Waals surface area contributed by atoms with Crippen LogP contribution in [0.5, 0.6) is 0 Å². The summed E-state index contributed by atoms with van der Waals surface area (Å²) in [5.41, 5.74) is 4.90. The number of alkyl halides is 3. The highest BCUT2D eigenvalue weighted by molar-refractivity contribution is 5.58. The molecule has 2 nitrogen and oxygen atoms in total. The van der Waals surface area contributed by atoms with E-state index in [1.165, 1.54) is 18.4 Å². The van der Waals surface area contributed by atoms with Crippen LogP contribution in [0.15, 0.2) is 24.3 Å². The molecule has 1 aromatic carbocycles. The highest BCUT2D eigenvalue weighted by Gasteiger charge is 2.30. The molecule has 81 valence electrons. The molecule has 1 radical (unpaired) electrons. The maximum Gasteiger partial charge on any atom is 0.416 e. The van der Waals surface area contributed by atoms with Gasteiger partial charge in [-0.15, -0.1) is 0 Å². The number of hydrogen-bond donors (Lipinski definition) is 1. The molecule has 0 saturated carbocycles. The number of hydrogen-bond acceptors (Lipinski definition) is 2. The van der Waals surface area contributed by atoms with Crippen LogP contribution in [-0.4, -0.2) is 12.3 Å². The Bertz CT molecular complexity index is 349. The van der Waals surface area contributed by atoms with Crippen LogP contribution in [0, 0.1) is 0 Å². The van der Waals surface area contributed by atoms with Gasteiger partial charge in [-0.1, -0.05) is 18.2 Å². The standard InChI is InChI=1S/C10H9F3NO/c11-10(12,13)8-3-1-2-7(4-8)5-9(14)6-15/h1-4,9H,5,14H2/t9-/m1/s1. The van der Waals surface area contributed by atoms with Crippen LogP contribution in [0.1, 0.15) is 11.1 Å². The molecule has 0 amide bonds. The first-order chi connectivity index (χ1) is 6.93. The van der Waals surface area contributed by atoms with Gasteiger partial charge in [-0.25, -0.2) is 0 Å². The molecule has 1 rings (SSSR count). The highest BCUT2D eigenvalue weighted by atomic mass is 19.4. The zero-order valence-electron chi connectivity index (χ0n) is 7.71. The second-order valence-electron chi connectivity index (χ2n) is 3.13. The van der Waals surface area contributed by atoms with Crippen LogP contribution in [-0.2, 0) is 17.4 Å². The van der Waals surface area contributed by atoms with E-state index in [1.54, 1.807) is 0 Å². The first-order valence-corrected chi connectivity index (χ1v) is 4.23. The van der Waals surface area contributed by atoms with E-state index in [4.69, 9.17) is 5.73 Å². The minimum Gasteiger partial charge on any atom is -0.321 e. The van der Waals surface area contributed by atoms with Crippen molar-refractivity contribution in [3.63, 3.8) is 0 Å². The molecule has 0 unspecified atom stereocenters. The number of nitrogens with two attached hydrogens (primary N) is 1. The van der Waals surface area contributed by atoms with E-state index in [9.17, 15) is 18.0 Å². The predicted molar refractivity (Wildman–Crippen MR) is 48.8 cm³/mol. The molecule has 0 saturated heterocycles. The van der Waals surface area contributed by atoms with Crippen LogP contribution in [0.25, 0.3) is 0 Å². The largest absolute Gasteiger partial charge is 0.416 e. The van der Waals surface area contributed by atoms with E-state index in [0.717, 1.165) is 12.1 Å². The number of rotatable bonds is 3. The third-order valence-corrected chi connectivity index (χ3v) is 1.86. The van der Waals surface area contributed by atoms with Crippen molar-refractivity contribution in [1.82, 2.24) is 0 Å². The van der Waals surface area contributed by atoms with Gasteiger partial charge in [0.15, 0.2) is 0 Å². The van der Waals surface area contributed by atoms with Crippen molar-refractivity contribution in [2.45, 2.75) is 18.6 Å². The first kappa shape index (κ1) is 11.7. The number of benzene rings is 1. The van der Waals surface area contributed by atoms with Gasteiger partial charge in [-0.05, 0) is 18.1 Å². The van der Waals surface area contributed by atoms with Gasteiger partial charge in [0, 0.05) is 0 Å². The molecule has 0 aliphatic rings. The van der Waals surface area contributed by atoms with Crippen molar-refractivity contribution in [2.75, 3.05) is 0 Å². The summed E-state index contributed by atoms with van der Waals surface area (Å²) in [5.74, 6) is 0. The molecular formula is C10H9F3NO. The molecule has 2 N–H and O–H groups in total. The molecule has 5 heteroatoms. The van der Waals surface area contributed by atoms with Gasteiger partial charge < -0.3 is 5.73 Å². The van der Waals surface area contributed by atoms with Gasteiger partial charge in [0.25, 0.3) is 0 Å². The van der Waals surface area contributed by atoms with E-state index in [1.807, 2.05) is 0 Å². The second-order valence-corrected chi connectivity index (χ2v) is 3.13. The van der Waals surface area contributed by atoms with Gasteiger partial charge in [0.05, 0.1) is 11.6 Å². The second kappa shape index (κ2) is 4.44. The fourth-order valence-electron chi connectivity index (χ4n) is 1.17. The lowest BCUT2D eigenvalue weighted by atomic mass is 10.0. The minimum atomic E-state index is -4.37. The molecule has 0 heterocycles. The summed E-state index contributed by atoms with van der Waals surface area (Å²) in [5, 5.41) is 0. The van der Waals surface area contributed by atoms with Gasteiger partial charge in [0.1, 0.15) is 0 Å². The SMILES string of the molecule is N[C@@H]([C]=O)Cc1cccc(C(F)(F)F)c1. The van der Waals surface area contributed by atoms with Crippen molar-refractivity contribution < 1.29 is 18.0 Å². The summed E-state index contributed by atoms with van der Waals surface area (Å²) >= 11 is 0. The third kappa shape index (κ3) is 3.36. The number of carbonyl (C=O) groups excluding carboxylic acids is 1. The Kier molecular flexibility index (Phi) is 3.47. The van der Waals surface area contributed by atoms with E-state index >= 15 is 0 Å². The van der Waals surface area contributed by atoms with E-state index in [-0.39, 0.29) is 6.42 Å². The Balaban J connectivity index is 2.88. The average molecular weight is 216 g/mol. The Morgan fingerprint density at radius 3 is 2.60 bits per heavy atom. The van der Waals surface area contributed by atoms with Gasteiger partial charge >= 0.3 is 6.18 Å². The molecule has 15 heavy (non-hydrogen) atoms. The summed E-state index contributed by atoms with van der Waals surface area (Å²) < 4.78 is 36.8. The van der Waals surface area contributed by atoms with Crippen LogP contribution in [0.3, 0.4) is 0 Å². The summed E-state index contributed by atoms with van der Waals surface area (Å²) in [6.45, 7) is 0. The zero-order chi connectivity index (χ0) is 11.5. The lowest BCUT2D eigenvalue weighted by Gasteiger charge is -2.09. The van der Waals surface area contributed by atoms with Crippen molar-refractivity contribution in [3.05, 3.63) is 35.4 Å². The summed E-state index contributed by atoms with van der Waals surface area (Å²) in [4.78, 5) is 10.1. The molecular weight excluding hydrogens is 207 g/mol. The van der Waals surface area contributed by atoms with Gasteiger partial charge in [0.2, 0.25) is 6.29 Å². The Morgan fingerprint density at radius 1 is 1.40 bits per heavy atom. The van der Waals surface area contributed by atoms with Crippen molar-refractivity contribution in [3.8, 4) is 0 Å². The summed E-state index contributed by atoms with van der Waals surface area (Å²) in [7, 11) is 0. The maximum absolute atomic E-state index is 12.3. The van der Waals surface area contributed by atoms with Crippen molar-refractivity contribution >= 4 is 6.29 Å². The maximum atomic E-state index is 12.3. The minimum absolute atomic E-state index is 0.0629. The van der Waals surface area contributed by atoms with E-state index in [2.05, 4.69) is 0 Å². The Labute approximate surface area is 84.9 Å². The monoisotopic (exact) mass is 216 g/mol. The normalized spacial score (nSPS) is 13.6. The molecule has 1 atom stereocenters. The topological polar surface area (TPSA) is 43.1 Å². The Morgan fingerprint density at radius 2 is 2.07 bits per heavy atom. The molecule has 0 aliphatic carbocycles. The molecule has 0 fully saturated rings. The third-order valence-electron chi connectivity index (χ3n) is 1.86. The molecule has 1 aromatic rings. The molecule has 0 aliphatic heterocycles. The lowest BCUT2D eigenvalue weighted by molar-refractivity contribution is -0.137. The molecule has 0 aromatic heterocycles. The number of halogens is 3. The highest BCUT2D eigenvalue weighted by Crippen LogP contribution is 2.29. The van der Waals surface area contributed by atoms with E-state index in [0.29, 0.717) is 5.56 Å². The van der Waals surface area contributed by atoms with Crippen LogP contribution >= 0.6 is 0 Å². The smallest absolute Gasteiger partial charge is 0.321 e. The average Bonchev–Trinajstić information content (AvgIpc) is 2.17. The zero-order valence-corrected chi connectivity index (χ0v) is 7.71. The summed E-state index contributed by atoms with van der Waals surface area (Å²) in [6.07, 6.45) is -2.79. The lowest BCUT2D eigenvalue weighted by Crippen LogP contribution is -2.24. The first-order valence-electron chi connectivity index (χ1n) is 4.23.